The number of nitrogens with zero attached hydrogens (tertiary/aromatic N) is 1. The number of ether oxygens (including phenoxy) is 1. The van der Waals surface area contributed by atoms with E-state index in [1.807, 2.05) is 59.4 Å². The van der Waals surface area contributed by atoms with Crippen molar-refractivity contribution in [3.8, 4) is 5.69 Å². The first-order valence-corrected chi connectivity index (χ1v) is 10.2. The Morgan fingerprint density at radius 2 is 1.43 bits per heavy atom. The van der Waals surface area contributed by atoms with Crippen LogP contribution in [-0.2, 0) is 9.53 Å². The lowest BCUT2D eigenvalue weighted by Crippen LogP contribution is -2.22. The van der Waals surface area contributed by atoms with Crippen LogP contribution in [0.1, 0.15) is 61.0 Å². The first-order chi connectivity index (χ1) is 14.4. The maximum Gasteiger partial charge on any atom is 0.338 e. The van der Waals surface area contributed by atoms with Crippen LogP contribution in [0, 0.1) is 0 Å². The molecule has 30 heavy (non-hydrogen) atoms. The molecule has 0 aliphatic carbocycles. The van der Waals surface area contributed by atoms with Gasteiger partial charge >= 0.3 is 5.97 Å². The summed E-state index contributed by atoms with van der Waals surface area (Å²) in [5.41, 5.74) is 4.31. The number of benzene rings is 2. The van der Waals surface area contributed by atoms with Crippen LogP contribution in [0.2, 0.25) is 0 Å². The van der Waals surface area contributed by atoms with E-state index in [9.17, 15) is 9.59 Å². The Morgan fingerprint density at radius 1 is 0.867 bits per heavy atom. The van der Waals surface area contributed by atoms with Gasteiger partial charge < -0.3 is 14.6 Å². The fraction of sp³-hybridized carbons (Fsp3) is 0.280. The number of rotatable bonds is 7. The molecule has 1 aromatic heterocycles. The van der Waals surface area contributed by atoms with E-state index in [0.717, 1.165) is 22.5 Å². The van der Waals surface area contributed by atoms with Gasteiger partial charge in [-0.1, -0.05) is 45.9 Å². The topological polar surface area (TPSA) is 60.3 Å². The zero-order chi connectivity index (χ0) is 21.7. The molecular weight excluding hydrogens is 376 g/mol. The van der Waals surface area contributed by atoms with Gasteiger partial charge in [0.25, 0.3) is 5.91 Å². The number of carbonyl (C=O) groups is 2. The Kier molecular flexibility index (Phi) is 6.72. The van der Waals surface area contributed by atoms with Gasteiger partial charge in [0.05, 0.1) is 5.56 Å². The fourth-order valence-electron chi connectivity index (χ4n) is 3.36. The molecule has 156 valence electrons. The minimum atomic E-state index is -0.523. The van der Waals surface area contributed by atoms with Gasteiger partial charge in [0, 0.05) is 23.8 Å². The Balaban J connectivity index is 1.64. The molecule has 2 aromatic carbocycles. The third-order valence-corrected chi connectivity index (χ3v) is 4.98. The summed E-state index contributed by atoms with van der Waals surface area (Å²) >= 11 is 0. The van der Waals surface area contributed by atoms with Gasteiger partial charge in [-0.15, -0.1) is 0 Å². The van der Waals surface area contributed by atoms with Gasteiger partial charge in [-0.2, -0.15) is 0 Å². The van der Waals surface area contributed by atoms with Crippen molar-refractivity contribution in [2.45, 2.75) is 39.5 Å². The highest BCUT2D eigenvalue weighted by atomic mass is 16.5. The maximum atomic E-state index is 12.5. The number of anilines is 1. The summed E-state index contributed by atoms with van der Waals surface area (Å²) in [7, 11) is 0. The predicted molar refractivity (Wildman–Crippen MR) is 119 cm³/mol. The molecule has 0 atom stereocenters. The lowest BCUT2D eigenvalue weighted by molar-refractivity contribution is -0.119. The van der Waals surface area contributed by atoms with Crippen molar-refractivity contribution in [2.24, 2.45) is 0 Å². The number of carbonyl (C=O) groups excluding carboxylic acids is 2. The SMILES string of the molecule is CC(C)c1cccc(C(C)C)c1NC(=O)COC(=O)c1ccc(-n2cccc2)cc1. The minimum absolute atomic E-state index is 0.264. The maximum absolute atomic E-state index is 12.5. The average Bonchev–Trinajstić information content (AvgIpc) is 3.27. The fourth-order valence-corrected chi connectivity index (χ4v) is 3.36. The second kappa shape index (κ2) is 9.44. The van der Waals surface area contributed by atoms with Gasteiger partial charge in [-0.05, 0) is 59.4 Å². The number of para-hydroxylation sites is 1. The molecule has 0 aliphatic heterocycles. The normalized spacial score (nSPS) is 11.0. The second-order valence-electron chi connectivity index (χ2n) is 7.88. The van der Waals surface area contributed by atoms with Crippen LogP contribution in [0.4, 0.5) is 5.69 Å². The van der Waals surface area contributed by atoms with Gasteiger partial charge in [0.1, 0.15) is 0 Å². The number of nitrogens with one attached hydrogen (secondary N) is 1. The van der Waals surface area contributed by atoms with E-state index in [4.69, 9.17) is 4.74 Å². The highest BCUT2D eigenvalue weighted by Crippen LogP contribution is 2.32. The Morgan fingerprint density at radius 3 is 1.97 bits per heavy atom. The van der Waals surface area contributed by atoms with Crippen LogP contribution in [0.3, 0.4) is 0 Å². The summed E-state index contributed by atoms with van der Waals surface area (Å²) in [5, 5.41) is 2.96. The molecule has 0 fully saturated rings. The quantitative estimate of drug-likeness (QED) is 0.528. The number of amides is 1. The molecule has 0 unspecified atom stereocenters. The smallest absolute Gasteiger partial charge is 0.338 e. The summed E-state index contributed by atoms with van der Waals surface area (Å²) < 4.78 is 7.18. The standard InChI is InChI=1S/C25H28N2O3/c1-17(2)21-8-7-9-22(18(3)4)24(21)26-23(28)16-30-25(29)19-10-12-20(13-11-19)27-14-5-6-15-27/h5-15,17-18H,16H2,1-4H3,(H,26,28). The van der Waals surface area contributed by atoms with Gasteiger partial charge in [0.15, 0.2) is 6.61 Å². The first kappa shape index (κ1) is 21.4. The van der Waals surface area contributed by atoms with Crippen molar-refractivity contribution < 1.29 is 14.3 Å². The first-order valence-electron chi connectivity index (χ1n) is 10.2. The lowest BCUT2D eigenvalue weighted by atomic mass is 9.92. The van der Waals surface area contributed by atoms with Crippen molar-refractivity contribution in [1.29, 1.82) is 0 Å². The third kappa shape index (κ3) is 4.98. The van der Waals surface area contributed by atoms with Crippen LogP contribution in [-0.4, -0.2) is 23.1 Å². The largest absolute Gasteiger partial charge is 0.452 e. The van der Waals surface area contributed by atoms with Crippen LogP contribution in [0.15, 0.2) is 67.0 Å². The molecule has 3 rings (SSSR count). The second-order valence-corrected chi connectivity index (χ2v) is 7.88. The molecule has 5 heteroatoms. The molecule has 1 amide bonds. The number of hydrogen-bond acceptors (Lipinski definition) is 3. The van der Waals surface area contributed by atoms with Crippen molar-refractivity contribution >= 4 is 17.6 Å². The van der Waals surface area contributed by atoms with Crippen LogP contribution in [0.5, 0.6) is 0 Å². The molecule has 1 N–H and O–H groups in total. The van der Waals surface area contributed by atoms with Gasteiger partial charge in [-0.25, -0.2) is 4.79 Å². The molecular formula is C25H28N2O3. The predicted octanol–water partition coefficient (Wildman–Crippen LogP) is 5.52. The van der Waals surface area contributed by atoms with Crippen LogP contribution < -0.4 is 5.32 Å². The highest BCUT2D eigenvalue weighted by Gasteiger charge is 2.17. The number of aromatic nitrogens is 1. The van der Waals surface area contributed by atoms with Crippen LogP contribution >= 0.6 is 0 Å². The number of hydrogen-bond donors (Lipinski definition) is 1. The molecule has 0 aliphatic rings. The molecule has 0 saturated carbocycles. The van der Waals surface area contributed by atoms with Gasteiger partial charge in [-0.3, -0.25) is 4.79 Å². The van der Waals surface area contributed by atoms with E-state index in [0.29, 0.717) is 5.56 Å². The Hall–Kier alpha value is -3.34. The van der Waals surface area contributed by atoms with E-state index in [-0.39, 0.29) is 24.3 Å². The minimum Gasteiger partial charge on any atom is -0.452 e. The lowest BCUT2D eigenvalue weighted by Gasteiger charge is -2.20. The third-order valence-electron chi connectivity index (χ3n) is 4.98. The summed E-state index contributed by atoms with van der Waals surface area (Å²) in [6.07, 6.45) is 3.86. The summed E-state index contributed by atoms with van der Waals surface area (Å²) in [5.74, 6) is -0.339. The molecule has 3 aromatic rings. The van der Waals surface area contributed by atoms with E-state index in [1.54, 1.807) is 12.1 Å². The van der Waals surface area contributed by atoms with Crippen molar-refractivity contribution in [3.63, 3.8) is 0 Å². The highest BCUT2D eigenvalue weighted by molar-refractivity contribution is 5.96. The molecule has 1 heterocycles. The molecule has 0 bridgehead atoms. The summed E-state index contributed by atoms with van der Waals surface area (Å²) in [6, 6.07) is 17.0. The van der Waals surface area contributed by atoms with Gasteiger partial charge in [0.2, 0.25) is 0 Å². The summed E-state index contributed by atoms with van der Waals surface area (Å²) in [6.45, 7) is 8.03. The molecule has 0 saturated heterocycles. The zero-order valence-corrected chi connectivity index (χ0v) is 17.9. The van der Waals surface area contributed by atoms with Crippen LogP contribution in [0.25, 0.3) is 5.69 Å². The van der Waals surface area contributed by atoms with Crippen molar-refractivity contribution in [1.82, 2.24) is 4.57 Å². The van der Waals surface area contributed by atoms with Crippen molar-refractivity contribution in [2.75, 3.05) is 11.9 Å². The zero-order valence-electron chi connectivity index (χ0n) is 17.9. The summed E-state index contributed by atoms with van der Waals surface area (Å²) in [4.78, 5) is 24.9. The van der Waals surface area contributed by atoms with E-state index < -0.39 is 5.97 Å². The average molecular weight is 405 g/mol. The monoisotopic (exact) mass is 404 g/mol. The van der Waals surface area contributed by atoms with E-state index in [2.05, 4.69) is 33.0 Å². The molecule has 0 radical (unpaired) electrons. The molecule has 0 spiro atoms. The Bertz CT molecular complexity index is 977. The number of esters is 1. The molecule has 5 nitrogen and oxygen atoms in total. The van der Waals surface area contributed by atoms with Crippen molar-refractivity contribution in [3.05, 3.63) is 83.7 Å². The van der Waals surface area contributed by atoms with E-state index in [1.165, 1.54) is 0 Å². The van der Waals surface area contributed by atoms with E-state index >= 15 is 0 Å². The Labute approximate surface area is 177 Å².